The maximum Gasteiger partial charge on any atom is 0.254 e. The number of nitriles is 1. The van der Waals surface area contributed by atoms with Gasteiger partial charge in [-0.2, -0.15) is 10.4 Å². The standard InChI is InChI=1S/C16H19ClN4O4/c1-23-14-9-12(8-13(17)16(14)25-5-2-18)10-19-20-15(22)11-21-3-6-24-7-4-21/h8-10H,3-7,11H2,1H3,(H,20,22)/b19-10+. The number of morpholine rings is 1. The molecule has 8 nitrogen and oxygen atoms in total. The molecule has 1 aromatic rings. The fraction of sp³-hybridized carbons (Fsp3) is 0.438. The second-order valence-corrected chi connectivity index (χ2v) is 5.57. The van der Waals surface area contributed by atoms with Gasteiger partial charge in [-0.25, -0.2) is 5.43 Å². The first-order valence-corrected chi connectivity index (χ1v) is 8.01. The zero-order chi connectivity index (χ0) is 18.1. The number of ether oxygens (including phenoxy) is 3. The van der Waals surface area contributed by atoms with Crippen molar-refractivity contribution >= 4 is 23.7 Å². The summed E-state index contributed by atoms with van der Waals surface area (Å²) in [5.41, 5.74) is 3.10. The fourth-order valence-corrected chi connectivity index (χ4v) is 2.51. The van der Waals surface area contributed by atoms with Gasteiger partial charge in [0, 0.05) is 13.1 Å². The summed E-state index contributed by atoms with van der Waals surface area (Å²) in [7, 11) is 1.47. The third-order valence-corrected chi connectivity index (χ3v) is 3.69. The summed E-state index contributed by atoms with van der Waals surface area (Å²) in [6.45, 7) is 2.86. The number of methoxy groups -OCH3 is 1. The Hall–Kier alpha value is -2.34. The van der Waals surface area contributed by atoms with Crippen LogP contribution >= 0.6 is 11.6 Å². The number of amides is 1. The van der Waals surface area contributed by atoms with Crippen molar-refractivity contribution in [3.63, 3.8) is 0 Å². The fourth-order valence-electron chi connectivity index (χ4n) is 2.24. The Kier molecular flexibility index (Phi) is 7.47. The predicted molar refractivity (Wildman–Crippen MR) is 92.1 cm³/mol. The molecule has 0 atom stereocenters. The van der Waals surface area contributed by atoms with Gasteiger partial charge in [-0.1, -0.05) is 11.6 Å². The average Bonchev–Trinajstić information content (AvgIpc) is 2.61. The van der Waals surface area contributed by atoms with Gasteiger partial charge < -0.3 is 14.2 Å². The van der Waals surface area contributed by atoms with E-state index in [4.69, 9.17) is 31.1 Å². The molecule has 134 valence electrons. The maximum atomic E-state index is 11.9. The number of halogens is 1. The van der Waals surface area contributed by atoms with Crippen molar-refractivity contribution < 1.29 is 19.0 Å². The molecule has 0 bridgehead atoms. The zero-order valence-corrected chi connectivity index (χ0v) is 14.6. The highest BCUT2D eigenvalue weighted by atomic mass is 35.5. The third-order valence-electron chi connectivity index (χ3n) is 3.41. The van der Waals surface area contributed by atoms with Crippen LogP contribution in [0.15, 0.2) is 17.2 Å². The van der Waals surface area contributed by atoms with Crippen molar-refractivity contribution in [1.29, 1.82) is 5.26 Å². The molecule has 0 aliphatic carbocycles. The molecule has 2 rings (SSSR count). The number of hydrogen-bond donors (Lipinski definition) is 1. The van der Waals surface area contributed by atoms with Gasteiger partial charge in [0.05, 0.1) is 38.1 Å². The molecule has 0 unspecified atom stereocenters. The Bertz CT molecular complexity index is 669. The molecule has 1 heterocycles. The van der Waals surface area contributed by atoms with Gasteiger partial charge in [-0.05, 0) is 17.7 Å². The minimum Gasteiger partial charge on any atom is -0.493 e. The molecule has 25 heavy (non-hydrogen) atoms. The SMILES string of the molecule is COc1cc(/C=N/NC(=O)CN2CCOCC2)cc(Cl)c1OCC#N. The predicted octanol–water partition coefficient (Wildman–Crippen LogP) is 1.03. The molecule has 0 spiro atoms. The van der Waals surface area contributed by atoms with Crippen LogP contribution in [0.5, 0.6) is 11.5 Å². The van der Waals surface area contributed by atoms with E-state index in [0.29, 0.717) is 30.3 Å². The van der Waals surface area contributed by atoms with E-state index in [2.05, 4.69) is 10.5 Å². The minimum absolute atomic E-state index is 0.138. The normalized spacial score (nSPS) is 14.9. The van der Waals surface area contributed by atoms with Crippen molar-refractivity contribution in [3.05, 3.63) is 22.7 Å². The van der Waals surface area contributed by atoms with Crippen LogP contribution in [0, 0.1) is 11.3 Å². The quantitative estimate of drug-likeness (QED) is 0.572. The molecule has 1 N–H and O–H groups in total. The lowest BCUT2D eigenvalue weighted by atomic mass is 10.2. The van der Waals surface area contributed by atoms with Gasteiger partial charge in [-0.15, -0.1) is 0 Å². The van der Waals surface area contributed by atoms with Crippen LogP contribution in [0.2, 0.25) is 5.02 Å². The van der Waals surface area contributed by atoms with Gasteiger partial charge in [0.25, 0.3) is 5.91 Å². The lowest BCUT2D eigenvalue weighted by molar-refractivity contribution is -0.123. The maximum absolute atomic E-state index is 11.9. The van der Waals surface area contributed by atoms with Crippen LogP contribution in [0.4, 0.5) is 0 Å². The number of nitrogens with one attached hydrogen (secondary N) is 1. The zero-order valence-electron chi connectivity index (χ0n) is 13.8. The lowest BCUT2D eigenvalue weighted by Gasteiger charge is -2.25. The molecule has 0 aromatic heterocycles. The Morgan fingerprint density at radius 3 is 2.96 bits per heavy atom. The topological polar surface area (TPSA) is 96.2 Å². The molecule has 0 radical (unpaired) electrons. The number of hydrogen-bond acceptors (Lipinski definition) is 7. The number of carbonyl (C=O) groups is 1. The van der Waals surface area contributed by atoms with Crippen LogP contribution in [-0.4, -0.2) is 63.6 Å². The van der Waals surface area contributed by atoms with Crippen LogP contribution in [0.1, 0.15) is 5.56 Å². The number of carbonyl (C=O) groups excluding carboxylic acids is 1. The first-order chi connectivity index (χ1) is 12.1. The van der Waals surface area contributed by atoms with Gasteiger partial charge in [-0.3, -0.25) is 9.69 Å². The van der Waals surface area contributed by atoms with Crippen molar-refractivity contribution in [1.82, 2.24) is 10.3 Å². The minimum atomic E-state index is -0.204. The van der Waals surface area contributed by atoms with Crippen LogP contribution in [0.25, 0.3) is 0 Å². The smallest absolute Gasteiger partial charge is 0.254 e. The van der Waals surface area contributed by atoms with E-state index in [1.807, 2.05) is 11.0 Å². The number of hydrazone groups is 1. The van der Waals surface area contributed by atoms with Crippen molar-refractivity contribution in [2.24, 2.45) is 5.10 Å². The average molecular weight is 367 g/mol. The Morgan fingerprint density at radius 1 is 1.52 bits per heavy atom. The van der Waals surface area contributed by atoms with Crippen molar-refractivity contribution in [3.8, 4) is 17.6 Å². The van der Waals surface area contributed by atoms with E-state index < -0.39 is 0 Å². The van der Waals surface area contributed by atoms with E-state index in [0.717, 1.165) is 13.1 Å². The molecule has 1 aromatic carbocycles. The summed E-state index contributed by atoms with van der Waals surface area (Å²) in [4.78, 5) is 13.9. The Morgan fingerprint density at radius 2 is 2.28 bits per heavy atom. The van der Waals surface area contributed by atoms with Crippen molar-refractivity contribution in [2.45, 2.75) is 0 Å². The molecule has 0 saturated carbocycles. The third kappa shape index (κ3) is 5.90. The van der Waals surface area contributed by atoms with Gasteiger partial charge in [0.15, 0.2) is 18.1 Å². The van der Waals surface area contributed by atoms with E-state index >= 15 is 0 Å². The summed E-state index contributed by atoms with van der Waals surface area (Å²) >= 11 is 6.14. The highest BCUT2D eigenvalue weighted by molar-refractivity contribution is 6.32. The van der Waals surface area contributed by atoms with Crippen LogP contribution in [-0.2, 0) is 9.53 Å². The Labute approximate surface area is 150 Å². The summed E-state index contributed by atoms with van der Waals surface area (Å²) in [5.74, 6) is 0.466. The van der Waals surface area contributed by atoms with E-state index in [1.165, 1.54) is 13.3 Å². The highest BCUT2D eigenvalue weighted by Gasteiger charge is 2.14. The monoisotopic (exact) mass is 366 g/mol. The molecular formula is C16H19ClN4O4. The number of benzene rings is 1. The second-order valence-electron chi connectivity index (χ2n) is 5.16. The number of rotatable bonds is 7. The first-order valence-electron chi connectivity index (χ1n) is 7.63. The lowest BCUT2D eigenvalue weighted by Crippen LogP contribution is -2.42. The van der Waals surface area contributed by atoms with E-state index in [1.54, 1.807) is 12.1 Å². The van der Waals surface area contributed by atoms with Crippen LogP contribution in [0.3, 0.4) is 0 Å². The van der Waals surface area contributed by atoms with E-state index in [-0.39, 0.29) is 24.1 Å². The first kappa shape index (κ1) is 19.0. The highest BCUT2D eigenvalue weighted by Crippen LogP contribution is 2.35. The summed E-state index contributed by atoms with van der Waals surface area (Å²) < 4.78 is 15.7. The van der Waals surface area contributed by atoms with Gasteiger partial charge >= 0.3 is 0 Å². The number of nitrogens with zero attached hydrogens (tertiary/aromatic N) is 3. The molecule has 1 amide bonds. The Balaban J connectivity index is 1.94. The molecule has 1 saturated heterocycles. The van der Waals surface area contributed by atoms with Gasteiger partial charge in [0.2, 0.25) is 0 Å². The molecule has 1 fully saturated rings. The molecule has 1 aliphatic rings. The summed E-state index contributed by atoms with van der Waals surface area (Å²) in [6.07, 6.45) is 1.46. The van der Waals surface area contributed by atoms with E-state index in [9.17, 15) is 4.79 Å². The van der Waals surface area contributed by atoms with Crippen LogP contribution < -0.4 is 14.9 Å². The van der Waals surface area contributed by atoms with Crippen molar-refractivity contribution in [2.75, 3.05) is 46.6 Å². The molecule has 1 aliphatic heterocycles. The largest absolute Gasteiger partial charge is 0.493 e. The molecule has 9 heteroatoms. The summed E-state index contributed by atoms with van der Waals surface area (Å²) in [5, 5.41) is 12.8. The van der Waals surface area contributed by atoms with Gasteiger partial charge in [0.1, 0.15) is 6.07 Å². The second kappa shape index (κ2) is 9.84. The summed E-state index contributed by atoms with van der Waals surface area (Å²) in [6, 6.07) is 5.12. The molecular weight excluding hydrogens is 348 g/mol.